The molecule has 0 radical (unpaired) electrons. The number of esters is 4. The molecule has 0 saturated heterocycles. The number of unbranched alkanes of at least 4 members (excludes halogenated alkanes) is 27. The first kappa shape index (κ1) is 90.0. The molecule has 0 aromatic heterocycles. The number of ether oxygens (including phenoxy) is 4. The maximum Gasteiger partial charge on any atom is 0.472 e. The highest BCUT2D eigenvalue weighted by atomic mass is 31.2. The summed E-state index contributed by atoms with van der Waals surface area (Å²) >= 11 is 0. The van der Waals surface area contributed by atoms with Gasteiger partial charge < -0.3 is 33.8 Å². The molecule has 17 nitrogen and oxygen atoms in total. The fraction of sp³-hybridized carbons (Fsp3) is 0.733. The van der Waals surface area contributed by atoms with E-state index in [2.05, 4.69) is 101 Å². The van der Waals surface area contributed by atoms with E-state index in [1.807, 2.05) is 12.2 Å². The molecule has 0 aromatic carbocycles. The Morgan fingerprint density at radius 3 is 0.947 bits per heavy atom. The molecule has 5 atom stereocenters. The minimum absolute atomic E-state index is 0.0971. The molecule has 94 heavy (non-hydrogen) atoms. The van der Waals surface area contributed by atoms with Gasteiger partial charge in [-0.25, -0.2) is 9.13 Å². The van der Waals surface area contributed by atoms with Gasteiger partial charge in [-0.1, -0.05) is 285 Å². The molecule has 0 saturated carbocycles. The predicted octanol–water partition coefficient (Wildman–Crippen LogP) is 20.4. The summed E-state index contributed by atoms with van der Waals surface area (Å²) in [6.07, 6.45) is 68.8. The number of hydrogen-bond acceptors (Lipinski definition) is 15. The number of phosphoric acid groups is 2. The molecule has 0 spiro atoms. The Kier molecular flexibility index (Phi) is 64.7. The van der Waals surface area contributed by atoms with E-state index in [-0.39, 0.29) is 25.7 Å². The molecule has 5 unspecified atom stereocenters. The van der Waals surface area contributed by atoms with Crippen molar-refractivity contribution in [3.63, 3.8) is 0 Å². The number of phosphoric ester groups is 2. The average molecular weight is 1370 g/mol. The summed E-state index contributed by atoms with van der Waals surface area (Å²) in [5, 5.41) is 10.6. The fourth-order valence-electron chi connectivity index (χ4n) is 9.60. The number of hydrogen-bond donors (Lipinski definition) is 3. The zero-order valence-corrected chi connectivity index (χ0v) is 60.7. The summed E-state index contributed by atoms with van der Waals surface area (Å²) < 4.78 is 68.1. The van der Waals surface area contributed by atoms with Gasteiger partial charge in [0.15, 0.2) is 12.2 Å². The van der Waals surface area contributed by atoms with Crippen LogP contribution in [0.2, 0.25) is 0 Å². The van der Waals surface area contributed by atoms with Gasteiger partial charge in [-0.3, -0.25) is 37.3 Å². The molecule has 0 aliphatic rings. The summed E-state index contributed by atoms with van der Waals surface area (Å²) in [4.78, 5) is 72.5. The van der Waals surface area contributed by atoms with Crippen molar-refractivity contribution < 1.29 is 80.2 Å². The first-order valence-corrected chi connectivity index (χ1v) is 39.5. The van der Waals surface area contributed by atoms with Gasteiger partial charge in [0.2, 0.25) is 0 Å². The molecule has 0 aliphatic carbocycles. The summed E-state index contributed by atoms with van der Waals surface area (Å²) in [6, 6.07) is 0. The van der Waals surface area contributed by atoms with Crippen LogP contribution in [0.15, 0.2) is 97.2 Å². The number of aliphatic hydroxyl groups is 1. The van der Waals surface area contributed by atoms with E-state index in [9.17, 15) is 43.2 Å². The van der Waals surface area contributed by atoms with E-state index >= 15 is 0 Å². The third-order valence-corrected chi connectivity index (χ3v) is 17.0. The number of rotatable bonds is 68. The van der Waals surface area contributed by atoms with E-state index in [4.69, 9.17) is 37.0 Å². The minimum atomic E-state index is -4.99. The van der Waals surface area contributed by atoms with Crippen LogP contribution in [0.4, 0.5) is 0 Å². The van der Waals surface area contributed by atoms with Crippen LogP contribution in [-0.2, 0) is 65.4 Å². The largest absolute Gasteiger partial charge is 0.472 e. The van der Waals surface area contributed by atoms with E-state index < -0.39 is 97.5 Å². The third-order valence-electron chi connectivity index (χ3n) is 15.1. The van der Waals surface area contributed by atoms with Crippen LogP contribution in [0.25, 0.3) is 0 Å². The Labute approximate surface area is 569 Å². The van der Waals surface area contributed by atoms with Crippen molar-refractivity contribution in [1.82, 2.24) is 0 Å². The van der Waals surface area contributed by atoms with Crippen LogP contribution >= 0.6 is 15.6 Å². The van der Waals surface area contributed by atoms with Gasteiger partial charge in [0.25, 0.3) is 0 Å². The molecule has 0 aliphatic heterocycles. The van der Waals surface area contributed by atoms with Crippen LogP contribution in [0.5, 0.6) is 0 Å². The Bertz CT molecular complexity index is 2170. The topological polar surface area (TPSA) is 237 Å². The molecule has 3 N–H and O–H groups in total. The number of carbonyl (C=O) groups excluding carboxylic acids is 4. The second kappa shape index (κ2) is 67.5. The van der Waals surface area contributed by atoms with Crippen LogP contribution in [-0.4, -0.2) is 96.7 Å². The molecule has 0 rings (SSSR count). The monoisotopic (exact) mass is 1360 g/mol. The Balaban J connectivity index is 5.38. The lowest BCUT2D eigenvalue weighted by Crippen LogP contribution is -2.30. The average Bonchev–Trinajstić information content (AvgIpc) is 1.23. The Morgan fingerprint density at radius 1 is 0.319 bits per heavy atom. The highest BCUT2D eigenvalue weighted by Crippen LogP contribution is 2.45. The second-order valence-corrected chi connectivity index (χ2v) is 27.1. The first-order valence-electron chi connectivity index (χ1n) is 36.5. The molecule has 0 fully saturated rings. The first-order chi connectivity index (χ1) is 45.7. The van der Waals surface area contributed by atoms with Gasteiger partial charge in [-0.2, -0.15) is 0 Å². The maximum absolute atomic E-state index is 13.0. The molecule has 0 aromatic rings. The lowest BCUT2D eigenvalue weighted by Gasteiger charge is -2.21. The molecule has 542 valence electrons. The van der Waals surface area contributed by atoms with Gasteiger partial charge >= 0.3 is 39.5 Å². The van der Waals surface area contributed by atoms with Gasteiger partial charge in [0, 0.05) is 19.3 Å². The second-order valence-electron chi connectivity index (χ2n) is 24.2. The van der Waals surface area contributed by atoms with Crippen LogP contribution in [0.3, 0.4) is 0 Å². The van der Waals surface area contributed by atoms with Crippen LogP contribution < -0.4 is 0 Å². The summed E-state index contributed by atoms with van der Waals surface area (Å²) in [6.45, 7) is 4.51. The molecule has 19 heteroatoms. The van der Waals surface area contributed by atoms with Crippen molar-refractivity contribution in [3.05, 3.63) is 97.2 Å². The van der Waals surface area contributed by atoms with Crippen LogP contribution in [0, 0.1) is 0 Å². The van der Waals surface area contributed by atoms with Crippen molar-refractivity contribution >= 4 is 39.5 Å². The van der Waals surface area contributed by atoms with Gasteiger partial charge in [-0.05, 0) is 83.5 Å². The molecule has 0 amide bonds. The summed E-state index contributed by atoms with van der Waals surface area (Å²) in [5.74, 6) is -2.32. The smallest absolute Gasteiger partial charge is 0.462 e. The number of aliphatic hydroxyl groups excluding tert-OH is 1. The van der Waals surface area contributed by atoms with Crippen molar-refractivity contribution in [2.24, 2.45) is 0 Å². The quantitative estimate of drug-likeness (QED) is 0.0169. The van der Waals surface area contributed by atoms with Crippen molar-refractivity contribution in [2.75, 3.05) is 39.6 Å². The van der Waals surface area contributed by atoms with Gasteiger partial charge in [-0.15, -0.1) is 0 Å². The Morgan fingerprint density at radius 2 is 0.596 bits per heavy atom. The maximum atomic E-state index is 13.0. The van der Waals surface area contributed by atoms with Crippen molar-refractivity contribution in [1.29, 1.82) is 0 Å². The predicted molar refractivity (Wildman–Crippen MR) is 381 cm³/mol. The van der Waals surface area contributed by atoms with Crippen molar-refractivity contribution in [2.45, 2.75) is 316 Å². The standard InChI is InChI=1S/C75H130O17P2/c1-5-9-13-17-21-25-29-31-33-34-36-37-41-44-48-52-56-60-73(78)86-66-71(92-75(80)62-58-54-50-46-42-38-35-32-30-26-22-18-14-10-6-2)68-90-94(83,84)88-64-69(76)63-87-93(81,82)89-67-70(91-74(79)61-57-53-49-45-40-28-24-20-16-12-8-4)65-85-72(77)59-55-51-47-43-39-27-23-19-15-11-7-3/h9-10,13-14,21-22,25-26,31-33,35,42,46,54,58,69-71,76H,5-8,11-12,15-20,23-24,27-30,34,36-41,43-45,47-53,55-57,59-68H2,1-4H3,(H,81,82)(H,83,84)/b13-9-,14-10-,25-21-,26-22-,33-31-,35-32-,46-42-,58-54-. The zero-order valence-electron chi connectivity index (χ0n) is 58.9. The fourth-order valence-corrected chi connectivity index (χ4v) is 11.2. The summed E-state index contributed by atoms with van der Waals surface area (Å²) in [7, 11) is -9.96. The zero-order chi connectivity index (χ0) is 69.0. The lowest BCUT2D eigenvalue weighted by molar-refractivity contribution is -0.161. The SMILES string of the molecule is CC/C=C\C/C=C\C/C=C\C/C=C\C/C=C\CC(=O)OC(COC(=O)CCCCCCCCC/C=C\C/C=C\C/C=C\CC)COP(=O)(O)OCC(O)COP(=O)(O)OCC(COC(=O)CCCCCCCCCCCCC)OC(=O)CCCCCCCCCCCCC. The number of allylic oxidation sites excluding steroid dienone is 15. The number of carbonyl (C=O) groups is 4. The normalized spacial score (nSPS) is 14.6. The van der Waals surface area contributed by atoms with Crippen LogP contribution in [0.1, 0.15) is 297 Å². The minimum Gasteiger partial charge on any atom is -0.462 e. The molecular weight excluding hydrogens is 1230 g/mol. The highest BCUT2D eigenvalue weighted by molar-refractivity contribution is 7.47. The van der Waals surface area contributed by atoms with E-state index in [0.717, 1.165) is 135 Å². The third kappa shape index (κ3) is 66.6. The molecule has 0 heterocycles. The van der Waals surface area contributed by atoms with E-state index in [0.29, 0.717) is 25.7 Å². The van der Waals surface area contributed by atoms with E-state index in [1.54, 1.807) is 12.2 Å². The summed E-state index contributed by atoms with van der Waals surface area (Å²) in [5.41, 5.74) is 0. The molecular formula is C75H130O17P2. The van der Waals surface area contributed by atoms with Crippen molar-refractivity contribution in [3.8, 4) is 0 Å². The highest BCUT2D eigenvalue weighted by Gasteiger charge is 2.30. The van der Waals surface area contributed by atoms with Gasteiger partial charge in [0.1, 0.15) is 19.3 Å². The van der Waals surface area contributed by atoms with Gasteiger partial charge in [0.05, 0.1) is 32.8 Å². The molecule has 0 bridgehead atoms. The lowest BCUT2D eigenvalue weighted by atomic mass is 10.1. The van der Waals surface area contributed by atoms with E-state index in [1.165, 1.54) is 83.5 Å². The Hall–Kier alpha value is -4.02.